The van der Waals surface area contributed by atoms with E-state index in [0.717, 1.165) is 11.9 Å². The third-order valence-corrected chi connectivity index (χ3v) is 6.46. The predicted molar refractivity (Wildman–Crippen MR) is 129 cm³/mol. The fraction of sp³-hybridized carbons (Fsp3) is 0.250. The molecule has 8 nitrogen and oxygen atoms in total. The van der Waals surface area contributed by atoms with Crippen molar-refractivity contribution in [3.8, 4) is 11.8 Å². The van der Waals surface area contributed by atoms with Crippen molar-refractivity contribution in [2.45, 2.75) is 25.9 Å². The van der Waals surface area contributed by atoms with Gasteiger partial charge in [0.15, 0.2) is 5.82 Å². The molecule has 1 unspecified atom stereocenters. The van der Waals surface area contributed by atoms with Gasteiger partial charge in [0.25, 0.3) is 0 Å². The van der Waals surface area contributed by atoms with Gasteiger partial charge in [-0.2, -0.15) is 5.10 Å². The standard InChI is InChI=1S/C24H21ClFN7O/c1-3-19(34)32-10-8-15(12-32)33-18-7-9-28-24(27)20(18)16(30-33)6-5-14-11-17-23(22(26)21(14)25)31(4-2)13-29-17/h3,7,9,11,13,15H,1,4,8,10,12H2,2H3,(H2,27,28). The lowest BCUT2D eigenvalue weighted by Crippen LogP contribution is -2.27. The molecule has 1 atom stereocenters. The SMILES string of the molecule is C=CC(=O)N1CCC(n2nc(C#Cc3cc4ncn(CC)c4c(F)c3Cl)c3c(N)nccc32)C1. The van der Waals surface area contributed by atoms with E-state index in [1.807, 2.05) is 17.7 Å². The molecule has 4 heterocycles. The van der Waals surface area contributed by atoms with Crippen molar-refractivity contribution < 1.29 is 9.18 Å². The van der Waals surface area contributed by atoms with Crippen molar-refractivity contribution >= 4 is 45.3 Å². The number of fused-ring (bicyclic) bond motifs is 2. The number of nitrogens with zero attached hydrogens (tertiary/aromatic N) is 6. The van der Waals surface area contributed by atoms with Crippen molar-refractivity contribution in [1.82, 2.24) is 29.2 Å². The van der Waals surface area contributed by atoms with Crippen molar-refractivity contribution in [3.05, 3.63) is 59.4 Å². The summed E-state index contributed by atoms with van der Waals surface area (Å²) in [5, 5.41) is 5.24. The number of hydrogen-bond donors (Lipinski definition) is 1. The molecule has 2 N–H and O–H groups in total. The van der Waals surface area contributed by atoms with Crippen LogP contribution in [0.1, 0.15) is 30.6 Å². The maximum Gasteiger partial charge on any atom is 0.246 e. The van der Waals surface area contributed by atoms with Crippen LogP contribution in [-0.4, -0.2) is 48.2 Å². The van der Waals surface area contributed by atoms with Crippen molar-refractivity contribution in [2.24, 2.45) is 0 Å². The Labute approximate surface area is 199 Å². The Morgan fingerprint density at radius 3 is 3.00 bits per heavy atom. The Morgan fingerprint density at radius 2 is 2.24 bits per heavy atom. The zero-order valence-corrected chi connectivity index (χ0v) is 19.2. The molecule has 0 saturated carbocycles. The van der Waals surface area contributed by atoms with Crippen LogP contribution in [0.2, 0.25) is 5.02 Å². The number of anilines is 1. The van der Waals surface area contributed by atoms with E-state index < -0.39 is 5.82 Å². The Kier molecular flexibility index (Phi) is 5.46. The summed E-state index contributed by atoms with van der Waals surface area (Å²) >= 11 is 6.32. The number of hydrogen-bond acceptors (Lipinski definition) is 5. The number of halogens is 2. The van der Waals surface area contributed by atoms with Crippen LogP contribution in [0.4, 0.5) is 10.2 Å². The van der Waals surface area contributed by atoms with E-state index in [9.17, 15) is 9.18 Å². The predicted octanol–water partition coefficient (Wildman–Crippen LogP) is 3.53. The van der Waals surface area contributed by atoms with Crippen LogP contribution in [0.25, 0.3) is 21.9 Å². The van der Waals surface area contributed by atoms with Crippen molar-refractivity contribution in [3.63, 3.8) is 0 Å². The molecule has 1 amide bonds. The minimum Gasteiger partial charge on any atom is -0.383 e. The highest BCUT2D eigenvalue weighted by atomic mass is 35.5. The van der Waals surface area contributed by atoms with E-state index in [1.54, 1.807) is 28.1 Å². The molecule has 10 heteroatoms. The van der Waals surface area contributed by atoms with Gasteiger partial charge in [0, 0.05) is 31.4 Å². The molecule has 5 rings (SSSR count). The molecular formula is C24H21ClFN7O. The third kappa shape index (κ3) is 3.47. The molecule has 0 spiro atoms. The highest BCUT2D eigenvalue weighted by Crippen LogP contribution is 2.31. The van der Waals surface area contributed by atoms with Gasteiger partial charge in [0.1, 0.15) is 17.0 Å². The van der Waals surface area contributed by atoms with Crippen LogP contribution in [0, 0.1) is 17.7 Å². The summed E-state index contributed by atoms with van der Waals surface area (Å²) in [4.78, 5) is 22.2. The van der Waals surface area contributed by atoms with Gasteiger partial charge in [0.05, 0.1) is 33.8 Å². The Morgan fingerprint density at radius 1 is 1.41 bits per heavy atom. The largest absolute Gasteiger partial charge is 0.383 e. The Balaban J connectivity index is 1.59. The van der Waals surface area contributed by atoms with Gasteiger partial charge in [0.2, 0.25) is 5.91 Å². The number of likely N-dealkylation sites (tertiary alicyclic amines) is 1. The molecule has 1 saturated heterocycles. The second kappa shape index (κ2) is 8.47. The molecule has 34 heavy (non-hydrogen) atoms. The van der Waals surface area contributed by atoms with Crippen LogP contribution in [0.5, 0.6) is 0 Å². The first kappa shape index (κ1) is 21.9. The average molecular weight is 478 g/mol. The average Bonchev–Trinajstić information content (AvgIpc) is 3.57. The number of carbonyl (C=O) groups excluding carboxylic acids is 1. The molecule has 0 radical (unpaired) electrons. The number of carbonyl (C=O) groups is 1. The third-order valence-electron chi connectivity index (χ3n) is 6.09. The first-order chi connectivity index (χ1) is 16.4. The Bertz CT molecular complexity index is 1530. The van der Waals surface area contributed by atoms with Crippen molar-refractivity contribution in [1.29, 1.82) is 0 Å². The van der Waals surface area contributed by atoms with Gasteiger partial charge in [-0.25, -0.2) is 14.4 Å². The fourth-order valence-corrected chi connectivity index (χ4v) is 4.56. The molecule has 1 aliphatic heterocycles. The minimum absolute atomic E-state index is 0.0425. The number of benzene rings is 1. The summed E-state index contributed by atoms with van der Waals surface area (Å²) in [6.45, 7) is 7.15. The summed E-state index contributed by atoms with van der Waals surface area (Å²) in [6, 6.07) is 3.44. The van der Waals surface area contributed by atoms with Crippen LogP contribution >= 0.6 is 11.6 Å². The highest BCUT2D eigenvalue weighted by molar-refractivity contribution is 6.32. The van der Waals surface area contributed by atoms with Crippen molar-refractivity contribution in [2.75, 3.05) is 18.8 Å². The monoisotopic (exact) mass is 477 g/mol. The molecule has 3 aromatic heterocycles. The second-order valence-electron chi connectivity index (χ2n) is 8.01. The summed E-state index contributed by atoms with van der Waals surface area (Å²) in [5.41, 5.74) is 8.48. The second-order valence-corrected chi connectivity index (χ2v) is 8.39. The molecule has 0 bridgehead atoms. The number of nitrogens with two attached hydrogens (primary N) is 1. The highest BCUT2D eigenvalue weighted by Gasteiger charge is 2.29. The van der Waals surface area contributed by atoms with E-state index in [1.165, 1.54) is 6.08 Å². The lowest BCUT2D eigenvalue weighted by Gasteiger charge is -2.15. The molecule has 1 aliphatic rings. The Hall–Kier alpha value is -3.90. The van der Waals surface area contributed by atoms with E-state index in [0.29, 0.717) is 53.1 Å². The zero-order chi connectivity index (χ0) is 24.0. The number of rotatable bonds is 3. The number of aryl methyl sites for hydroxylation is 1. The number of aromatic nitrogens is 5. The quantitative estimate of drug-likeness (QED) is 0.360. The molecule has 4 aromatic rings. The van der Waals surface area contributed by atoms with Gasteiger partial charge in [-0.1, -0.05) is 24.1 Å². The van der Waals surface area contributed by atoms with E-state index in [4.69, 9.17) is 22.4 Å². The van der Waals surface area contributed by atoms with Gasteiger partial charge in [-0.3, -0.25) is 9.48 Å². The number of nitrogen functional groups attached to an aromatic ring is 1. The summed E-state index contributed by atoms with van der Waals surface area (Å²) in [5.74, 6) is 5.56. The summed E-state index contributed by atoms with van der Waals surface area (Å²) < 4.78 is 18.5. The van der Waals surface area contributed by atoms with Crippen LogP contribution in [0.3, 0.4) is 0 Å². The number of pyridine rings is 1. The van der Waals surface area contributed by atoms with Gasteiger partial charge >= 0.3 is 0 Å². The van der Waals surface area contributed by atoms with Gasteiger partial charge in [-0.05, 0) is 37.5 Å². The van der Waals surface area contributed by atoms with E-state index in [-0.39, 0.29) is 17.0 Å². The number of amides is 1. The minimum atomic E-state index is -0.558. The van der Waals surface area contributed by atoms with Crippen LogP contribution < -0.4 is 5.73 Å². The first-order valence-corrected chi connectivity index (χ1v) is 11.2. The zero-order valence-electron chi connectivity index (χ0n) is 18.4. The summed E-state index contributed by atoms with van der Waals surface area (Å²) in [7, 11) is 0. The van der Waals surface area contributed by atoms with E-state index >= 15 is 0 Å². The smallest absolute Gasteiger partial charge is 0.246 e. The molecule has 1 aromatic carbocycles. The first-order valence-electron chi connectivity index (χ1n) is 10.8. The number of imidazole rings is 1. The molecule has 172 valence electrons. The fourth-order valence-electron chi connectivity index (χ4n) is 4.37. The molecular weight excluding hydrogens is 457 g/mol. The maximum atomic E-state index is 15.0. The molecule has 0 aliphatic carbocycles. The lowest BCUT2D eigenvalue weighted by atomic mass is 10.1. The maximum absolute atomic E-state index is 15.0. The normalized spacial score (nSPS) is 15.6. The van der Waals surface area contributed by atoms with Crippen LogP contribution in [-0.2, 0) is 11.3 Å². The summed E-state index contributed by atoms with van der Waals surface area (Å²) in [6.07, 6.45) is 5.23. The topological polar surface area (TPSA) is 94.9 Å². The van der Waals surface area contributed by atoms with Gasteiger partial charge in [-0.15, -0.1) is 0 Å². The van der Waals surface area contributed by atoms with Crippen LogP contribution in [0.15, 0.2) is 37.3 Å². The lowest BCUT2D eigenvalue weighted by molar-refractivity contribution is -0.125. The molecule has 1 fully saturated rings. The van der Waals surface area contributed by atoms with E-state index in [2.05, 4.69) is 28.4 Å². The van der Waals surface area contributed by atoms with Gasteiger partial charge < -0.3 is 15.2 Å².